The summed E-state index contributed by atoms with van der Waals surface area (Å²) in [6, 6.07) is 8.77. The molecule has 1 N–H and O–H groups in total. The van der Waals surface area contributed by atoms with Crippen LogP contribution in [0.1, 0.15) is 54.7 Å². The van der Waals surface area contributed by atoms with E-state index >= 15 is 0 Å². The Morgan fingerprint density at radius 2 is 2.03 bits per heavy atom. The van der Waals surface area contributed by atoms with Crippen molar-refractivity contribution in [1.82, 2.24) is 24.4 Å². The quantitative estimate of drug-likeness (QED) is 0.703. The summed E-state index contributed by atoms with van der Waals surface area (Å²) in [5, 5.41) is 3.29. The number of aromatic nitrogens is 3. The number of fused-ring (bicyclic) bond motifs is 2. The summed E-state index contributed by atoms with van der Waals surface area (Å²) in [5.74, 6) is -0.256. The van der Waals surface area contributed by atoms with Gasteiger partial charge in [-0.3, -0.25) is 19.6 Å². The van der Waals surface area contributed by atoms with Crippen LogP contribution in [0.3, 0.4) is 0 Å². The predicted octanol–water partition coefficient (Wildman–Crippen LogP) is 2.79. The zero-order valence-corrected chi connectivity index (χ0v) is 17.6. The van der Waals surface area contributed by atoms with Crippen LogP contribution in [0.25, 0.3) is 5.65 Å². The molecule has 5 rings (SSSR count). The van der Waals surface area contributed by atoms with Crippen molar-refractivity contribution >= 4 is 11.6 Å². The van der Waals surface area contributed by atoms with Gasteiger partial charge in [0.1, 0.15) is 5.82 Å². The smallest absolute Gasteiger partial charge is 0.277 e. The second-order valence-electron chi connectivity index (χ2n) is 8.55. The van der Waals surface area contributed by atoms with Gasteiger partial charge in [-0.2, -0.15) is 0 Å². The number of rotatable bonds is 3. The fraction of sp³-hybridized carbons (Fsp3) is 0.435. The van der Waals surface area contributed by atoms with Crippen molar-refractivity contribution in [2.24, 2.45) is 0 Å². The lowest BCUT2D eigenvalue weighted by molar-refractivity contribution is -0.129. The maximum atomic E-state index is 13.3. The number of piperidine rings is 1. The number of nitrogens with zero attached hydrogens (tertiary/aromatic N) is 4. The highest BCUT2D eigenvalue weighted by atomic mass is 19.1. The zero-order valence-electron chi connectivity index (χ0n) is 17.6. The van der Waals surface area contributed by atoms with Crippen molar-refractivity contribution in [1.29, 1.82) is 0 Å². The summed E-state index contributed by atoms with van der Waals surface area (Å²) in [7, 11) is 0. The number of carbonyl (C=O) groups is 1. The Bertz CT molecular complexity index is 1180. The second-order valence-corrected chi connectivity index (χ2v) is 8.55. The molecule has 2 aromatic heterocycles. The molecule has 1 amide bonds. The first kappa shape index (κ1) is 19.9. The first-order valence-corrected chi connectivity index (χ1v) is 10.9. The minimum absolute atomic E-state index is 0.0269. The average molecular weight is 423 g/mol. The highest BCUT2D eigenvalue weighted by Gasteiger charge is 2.28. The molecule has 1 atom stereocenters. The molecule has 3 aromatic rings. The zero-order chi connectivity index (χ0) is 21.5. The van der Waals surface area contributed by atoms with Crippen molar-refractivity contribution in [2.75, 3.05) is 13.1 Å². The fourth-order valence-electron chi connectivity index (χ4n) is 4.80. The van der Waals surface area contributed by atoms with Gasteiger partial charge in [0.05, 0.1) is 29.5 Å². The van der Waals surface area contributed by atoms with E-state index in [0.717, 1.165) is 49.3 Å². The number of likely N-dealkylation sites (tertiary alicyclic amines) is 1. The van der Waals surface area contributed by atoms with Crippen molar-refractivity contribution in [3.63, 3.8) is 0 Å². The molecule has 0 unspecified atom stereocenters. The molecular weight excluding hydrogens is 397 g/mol. The van der Waals surface area contributed by atoms with Gasteiger partial charge in [-0.1, -0.05) is 18.6 Å². The SMILES string of the molecule is CC(=O)N1CCc2nc3cc([C@@H]4CCCCN4Cc4ccc(F)cc4)[nH]n3c(=O)c2C1. The van der Waals surface area contributed by atoms with E-state index in [1.807, 2.05) is 18.2 Å². The summed E-state index contributed by atoms with van der Waals surface area (Å²) >= 11 is 0. The third-order valence-corrected chi connectivity index (χ3v) is 6.50. The highest BCUT2D eigenvalue weighted by Crippen LogP contribution is 2.32. The normalized spacial score (nSPS) is 19.5. The number of amides is 1. The number of H-pyrrole nitrogens is 1. The van der Waals surface area contributed by atoms with Gasteiger partial charge < -0.3 is 4.90 Å². The van der Waals surface area contributed by atoms with E-state index < -0.39 is 0 Å². The van der Waals surface area contributed by atoms with Gasteiger partial charge in [-0.05, 0) is 37.1 Å². The highest BCUT2D eigenvalue weighted by molar-refractivity contribution is 5.73. The first-order valence-electron chi connectivity index (χ1n) is 10.9. The molecule has 7 nitrogen and oxygen atoms in total. The summed E-state index contributed by atoms with van der Waals surface area (Å²) in [6.07, 6.45) is 3.82. The minimum Gasteiger partial charge on any atom is -0.338 e. The fourth-order valence-corrected chi connectivity index (χ4v) is 4.80. The summed E-state index contributed by atoms with van der Waals surface area (Å²) in [5.41, 5.74) is 3.93. The lowest BCUT2D eigenvalue weighted by Crippen LogP contribution is -2.39. The van der Waals surface area contributed by atoms with Crippen molar-refractivity contribution in [3.05, 3.63) is 69.0 Å². The van der Waals surface area contributed by atoms with Gasteiger partial charge in [0.2, 0.25) is 5.91 Å². The molecule has 1 aromatic carbocycles. The van der Waals surface area contributed by atoms with E-state index in [1.54, 1.807) is 4.90 Å². The van der Waals surface area contributed by atoms with Crippen molar-refractivity contribution in [2.45, 2.75) is 51.7 Å². The third-order valence-electron chi connectivity index (χ3n) is 6.50. The topological polar surface area (TPSA) is 73.7 Å². The van der Waals surface area contributed by atoms with Crippen LogP contribution in [0.4, 0.5) is 4.39 Å². The summed E-state index contributed by atoms with van der Waals surface area (Å²) < 4.78 is 14.8. The molecule has 0 spiro atoms. The third kappa shape index (κ3) is 3.76. The molecule has 8 heteroatoms. The molecule has 0 bridgehead atoms. The van der Waals surface area contributed by atoms with Crippen molar-refractivity contribution < 1.29 is 9.18 Å². The van der Waals surface area contributed by atoms with Gasteiger partial charge in [0, 0.05) is 32.5 Å². The van der Waals surface area contributed by atoms with Crippen LogP contribution in [0, 0.1) is 5.82 Å². The van der Waals surface area contributed by atoms with Crippen LogP contribution in [-0.4, -0.2) is 43.4 Å². The van der Waals surface area contributed by atoms with Crippen LogP contribution in [0.5, 0.6) is 0 Å². The van der Waals surface area contributed by atoms with Crippen LogP contribution in [0.15, 0.2) is 35.1 Å². The lowest BCUT2D eigenvalue weighted by Gasteiger charge is -2.35. The molecule has 0 radical (unpaired) electrons. The molecule has 1 saturated heterocycles. The van der Waals surface area contributed by atoms with Crippen LogP contribution in [0.2, 0.25) is 0 Å². The maximum Gasteiger partial charge on any atom is 0.277 e. The van der Waals surface area contributed by atoms with E-state index in [-0.39, 0.29) is 23.3 Å². The van der Waals surface area contributed by atoms with Crippen LogP contribution in [-0.2, 0) is 24.3 Å². The van der Waals surface area contributed by atoms with Gasteiger partial charge >= 0.3 is 0 Å². The summed E-state index contributed by atoms with van der Waals surface area (Å²) in [4.78, 5) is 33.7. The Hall–Kier alpha value is -3.00. The molecule has 2 aliphatic rings. The molecule has 162 valence electrons. The largest absolute Gasteiger partial charge is 0.338 e. The van der Waals surface area contributed by atoms with Crippen LogP contribution < -0.4 is 5.56 Å². The number of halogens is 1. The van der Waals surface area contributed by atoms with E-state index in [0.29, 0.717) is 30.7 Å². The van der Waals surface area contributed by atoms with Gasteiger partial charge in [0.15, 0.2) is 5.65 Å². The molecular formula is C23H26FN5O2. The molecule has 2 aliphatic heterocycles. The Morgan fingerprint density at radius 1 is 1.23 bits per heavy atom. The number of hydrogen-bond donors (Lipinski definition) is 1. The number of hydrogen-bond acceptors (Lipinski definition) is 4. The minimum atomic E-state index is -0.229. The monoisotopic (exact) mass is 423 g/mol. The van der Waals surface area contributed by atoms with E-state index in [2.05, 4.69) is 10.00 Å². The first-order chi connectivity index (χ1) is 15.0. The predicted molar refractivity (Wildman–Crippen MR) is 114 cm³/mol. The summed E-state index contributed by atoms with van der Waals surface area (Å²) in [6.45, 7) is 4.11. The van der Waals surface area contributed by atoms with Gasteiger partial charge in [-0.15, -0.1) is 0 Å². The molecule has 0 saturated carbocycles. The average Bonchev–Trinajstić information content (AvgIpc) is 3.20. The van der Waals surface area contributed by atoms with E-state index in [1.165, 1.54) is 23.6 Å². The Morgan fingerprint density at radius 3 is 2.81 bits per heavy atom. The lowest BCUT2D eigenvalue weighted by atomic mass is 9.98. The standard InChI is InChI=1S/C23H26FN5O2/c1-15(30)27-11-9-19-18(14-27)23(31)29-22(25-19)12-20(26-29)21-4-2-3-10-28(21)13-16-5-7-17(24)8-6-16/h5-8,12,21,26H,2-4,9-11,13-14H2,1H3/t21-/m0/s1. The molecule has 1 fully saturated rings. The molecule has 4 heterocycles. The van der Waals surface area contributed by atoms with Crippen LogP contribution >= 0.6 is 0 Å². The molecule has 0 aliphatic carbocycles. The van der Waals surface area contributed by atoms with Gasteiger partial charge in [0.25, 0.3) is 5.56 Å². The number of benzene rings is 1. The Balaban J connectivity index is 1.47. The van der Waals surface area contributed by atoms with Gasteiger partial charge in [-0.25, -0.2) is 13.9 Å². The second kappa shape index (κ2) is 7.92. The Kier molecular flexibility index (Phi) is 5.09. The van der Waals surface area contributed by atoms with E-state index in [4.69, 9.17) is 4.98 Å². The Labute approximate surface area is 179 Å². The molecule has 31 heavy (non-hydrogen) atoms. The maximum absolute atomic E-state index is 13.3. The number of aromatic amines is 1. The number of carbonyl (C=O) groups excluding carboxylic acids is 1. The van der Waals surface area contributed by atoms with Crippen molar-refractivity contribution in [3.8, 4) is 0 Å². The number of nitrogens with one attached hydrogen (secondary N) is 1. The van der Waals surface area contributed by atoms with E-state index in [9.17, 15) is 14.0 Å².